The van der Waals surface area contributed by atoms with Gasteiger partial charge in [-0.3, -0.25) is 10.1 Å². The van der Waals surface area contributed by atoms with Gasteiger partial charge in [0.25, 0.3) is 0 Å². The van der Waals surface area contributed by atoms with Gasteiger partial charge in [-0.1, -0.05) is 24.8 Å². The number of para-hydroxylation sites is 1. The van der Waals surface area contributed by atoms with E-state index in [1.807, 2.05) is 54.6 Å². The molecule has 5 aromatic rings. The van der Waals surface area contributed by atoms with Crippen LogP contribution in [0.25, 0.3) is 22.3 Å². The lowest BCUT2D eigenvalue weighted by atomic mass is 10.1. The van der Waals surface area contributed by atoms with Crippen molar-refractivity contribution in [3.05, 3.63) is 95.7 Å². The molecule has 1 atom stereocenters. The number of carbonyl (C=O) groups is 2. The topological polar surface area (TPSA) is 155 Å². The van der Waals surface area contributed by atoms with Crippen LogP contribution in [-0.4, -0.2) is 49.7 Å². The van der Waals surface area contributed by atoms with Gasteiger partial charge >= 0.3 is 11.9 Å². The van der Waals surface area contributed by atoms with Gasteiger partial charge in [0.15, 0.2) is 29.6 Å². The van der Waals surface area contributed by atoms with Crippen molar-refractivity contribution >= 4 is 28.9 Å². The second kappa shape index (κ2) is 12.3. The number of hydrogen-bond donors (Lipinski definition) is 1. The highest BCUT2D eigenvalue weighted by atomic mass is 16.6. The molecule has 44 heavy (non-hydrogen) atoms. The molecule has 13 nitrogen and oxygen atoms in total. The lowest BCUT2D eigenvalue weighted by Gasteiger charge is -2.32. The van der Waals surface area contributed by atoms with Gasteiger partial charge in [0.1, 0.15) is 23.5 Å². The number of piperidine rings is 1. The number of aromatic nitrogens is 4. The Balaban J connectivity index is 1.34. The second-order valence-electron chi connectivity index (χ2n) is 10.1. The average Bonchev–Trinajstić information content (AvgIpc) is 3.60. The van der Waals surface area contributed by atoms with Crippen molar-refractivity contribution < 1.29 is 27.9 Å². The zero-order valence-corrected chi connectivity index (χ0v) is 23.8. The molecule has 1 saturated heterocycles. The number of aryl methyl sites for hydroxylation is 1. The third-order valence-electron chi connectivity index (χ3n) is 7.21. The van der Waals surface area contributed by atoms with Crippen molar-refractivity contribution in [1.29, 1.82) is 0 Å². The van der Waals surface area contributed by atoms with Crippen molar-refractivity contribution in [3.63, 3.8) is 0 Å². The predicted molar refractivity (Wildman–Crippen MR) is 158 cm³/mol. The molecule has 4 heterocycles. The quantitative estimate of drug-likeness (QED) is 0.235. The van der Waals surface area contributed by atoms with E-state index in [9.17, 15) is 14.4 Å². The molecule has 0 unspecified atom stereocenters. The van der Waals surface area contributed by atoms with Crippen molar-refractivity contribution in [2.45, 2.75) is 32.4 Å². The zero-order chi connectivity index (χ0) is 30.6. The van der Waals surface area contributed by atoms with Gasteiger partial charge in [-0.15, -0.1) is 0 Å². The second-order valence-corrected chi connectivity index (χ2v) is 10.1. The van der Waals surface area contributed by atoms with Crippen LogP contribution in [0.4, 0.5) is 10.6 Å². The van der Waals surface area contributed by atoms with Crippen LogP contribution >= 0.6 is 0 Å². The monoisotopic (exact) mass is 596 g/mol. The molecule has 224 valence electrons. The molecule has 0 bridgehead atoms. The summed E-state index contributed by atoms with van der Waals surface area (Å²) in [5, 5.41) is 8.10. The smallest absolute Gasteiger partial charge is 0.457 e. The Labute approximate surface area is 250 Å². The fourth-order valence-electron chi connectivity index (χ4n) is 5.08. The highest BCUT2D eigenvalue weighted by molar-refractivity contribution is 6.03. The molecule has 1 N–H and O–H groups in total. The van der Waals surface area contributed by atoms with E-state index in [1.54, 1.807) is 9.58 Å². The summed E-state index contributed by atoms with van der Waals surface area (Å²) in [4.78, 5) is 47.2. The normalized spacial score (nSPS) is 14.8. The first-order chi connectivity index (χ1) is 21.4. The molecule has 2 aromatic carbocycles. The number of fused-ring (bicyclic) bond motifs is 1. The number of likely N-dealkylation sites (tertiary alicyclic amines) is 1. The number of carbonyl (C=O) groups excluding carboxylic acids is 2. The SMILES string of the molecule is C=CC(=O)N1CCC[C@@H](n2nc(-c3ccc(Oc4ccccc4)cc3)c3c(NC(=O)OCc4oc(=O)oc4C)ncnc32)C1. The summed E-state index contributed by atoms with van der Waals surface area (Å²) in [5.74, 6) is 0.789. The minimum Gasteiger partial charge on any atom is -0.457 e. The minimum absolute atomic E-state index is 0.0974. The van der Waals surface area contributed by atoms with Crippen molar-refractivity contribution in [2.75, 3.05) is 18.4 Å². The number of ether oxygens (including phenoxy) is 2. The first-order valence-electron chi connectivity index (χ1n) is 13.9. The Morgan fingerprint density at radius 1 is 1.09 bits per heavy atom. The first kappa shape index (κ1) is 28.4. The molecule has 0 radical (unpaired) electrons. The summed E-state index contributed by atoms with van der Waals surface area (Å²) in [6.07, 6.45) is 3.34. The molecular weight excluding hydrogens is 568 g/mol. The number of amides is 2. The van der Waals surface area contributed by atoms with Gasteiger partial charge in [-0.25, -0.2) is 24.2 Å². The van der Waals surface area contributed by atoms with Crippen LogP contribution in [-0.2, 0) is 16.1 Å². The average molecular weight is 597 g/mol. The van der Waals surface area contributed by atoms with E-state index in [4.69, 9.17) is 23.4 Å². The highest BCUT2D eigenvalue weighted by Crippen LogP contribution is 2.36. The Morgan fingerprint density at radius 2 is 1.86 bits per heavy atom. The molecule has 13 heteroatoms. The fourth-order valence-corrected chi connectivity index (χ4v) is 5.08. The lowest BCUT2D eigenvalue weighted by Crippen LogP contribution is -2.40. The fraction of sp³-hybridized carbons (Fsp3) is 0.226. The Bertz CT molecular complexity index is 1880. The molecule has 6 rings (SSSR count). The number of rotatable bonds is 8. The third kappa shape index (κ3) is 5.93. The number of benzene rings is 2. The molecule has 0 spiro atoms. The Hall–Kier alpha value is -5.72. The maximum Gasteiger partial charge on any atom is 0.519 e. The molecule has 3 aromatic heterocycles. The zero-order valence-electron chi connectivity index (χ0n) is 23.8. The van der Waals surface area contributed by atoms with Crippen LogP contribution in [0.15, 0.2) is 87.2 Å². The number of nitrogens with one attached hydrogen (secondary N) is 1. The van der Waals surface area contributed by atoms with Crippen LogP contribution in [0.2, 0.25) is 0 Å². The van der Waals surface area contributed by atoms with Gasteiger partial charge in [-0.05, 0) is 62.2 Å². The highest BCUT2D eigenvalue weighted by Gasteiger charge is 2.29. The molecule has 0 aliphatic carbocycles. The van der Waals surface area contributed by atoms with E-state index in [2.05, 4.69) is 21.9 Å². The first-order valence-corrected chi connectivity index (χ1v) is 13.9. The van der Waals surface area contributed by atoms with E-state index in [0.717, 1.165) is 18.4 Å². The Morgan fingerprint density at radius 3 is 2.59 bits per heavy atom. The largest absolute Gasteiger partial charge is 0.519 e. The van der Waals surface area contributed by atoms with E-state index in [-0.39, 0.29) is 35.9 Å². The van der Waals surface area contributed by atoms with Gasteiger partial charge in [-0.2, -0.15) is 5.10 Å². The number of hydrogen-bond acceptors (Lipinski definition) is 10. The van der Waals surface area contributed by atoms with E-state index < -0.39 is 11.9 Å². The third-order valence-corrected chi connectivity index (χ3v) is 7.21. The van der Waals surface area contributed by atoms with Crippen LogP contribution in [0.1, 0.15) is 30.4 Å². The molecule has 2 amide bonds. The van der Waals surface area contributed by atoms with E-state index in [0.29, 0.717) is 41.3 Å². The standard InChI is InChI=1S/C31H28N6O7/c1-3-25(38)36-15-7-8-21(16-36)37-29-26(27(35-37)20-11-13-23(14-12-20)43-22-9-5-4-6-10-22)28(32-18-33-29)34-30(39)41-17-24-19(2)42-31(40)44-24/h3-6,9-14,18,21H,1,7-8,15-17H2,2H3,(H,32,33,34,39)/t21-/m1/s1. The van der Waals surface area contributed by atoms with Crippen LogP contribution in [0.3, 0.4) is 0 Å². The van der Waals surface area contributed by atoms with Gasteiger partial charge < -0.3 is 23.2 Å². The maximum absolute atomic E-state index is 12.8. The summed E-state index contributed by atoms with van der Waals surface area (Å²) in [6.45, 7) is 5.88. The number of nitrogens with zero attached hydrogens (tertiary/aromatic N) is 5. The van der Waals surface area contributed by atoms with Crippen molar-refractivity contribution in [1.82, 2.24) is 24.6 Å². The Kier molecular flexibility index (Phi) is 7.91. The van der Waals surface area contributed by atoms with Crippen molar-refractivity contribution in [2.24, 2.45) is 0 Å². The number of anilines is 1. The molecule has 0 saturated carbocycles. The molecular formula is C31H28N6O7. The van der Waals surface area contributed by atoms with Crippen LogP contribution in [0, 0.1) is 6.92 Å². The van der Waals surface area contributed by atoms with Gasteiger partial charge in [0.2, 0.25) is 5.91 Å². The van der Waals surface area contributed by atoms with E-state index >= 15 is 0 Å². The molecule has 1 fully saturated rings. The molecule has 1 aliphatic rings. The van der Waals surface area contributed by atoms with E-state index in [1.165, 1.54) is 19.3 Å². The summed E-state index contributed by atoms with van der Waals surface area (Å²) < 4.78 is 22.7. The lowest BCUT2D eigenvalue weighted by molar-refractivity contribution is -0.127. The van der Waals surface area contributed by atoms with Crippen LogP contribution < -0.4 is 15.9 Å². The minimum atomic E-state index is -0.882. The maximum atomic E-state index is 12.8. The predicted octanol–water partition coefficient (Wildman–Crippen LogP) is 5.24. The van der Waals surface area contributed by atoms with Gasteiger partial charge in [0.05, 0.1) is 11.4 Å². The summed E-state index contributed by atoms with van der Waals surface area (Å²) in [7, 11) is 0. The summed E-state index contributed by atoms with van der Waals surface area (Å²) >= 11 is 0. The summed E-state index contributed by atoms with van der Waals surface area (Å²) in [5.41, 5.74) is 1.72. The van der Waals surface area contributed by atoms with Crippen LogP contribution in [0.5, 0.6) is 11.5 Å². The van der Waals surface area contributed by atoms with Gasteiger partial charge in [0, 0.05) is 18.7 Å². The van der Waals surface area contributed by atoms with Crippen molar-refractivity contribution in [3.8, 4) is 22.8 Å². The summed E-state index contributed by atoms with van der Waals surface area (Å²) in [6, 6.07) is 16.6. The molecule has 1 aliphatic heterocycles.